The van der Waals surface area contributed by atoms with Crippen molar-refractivity contribution in [3.63, 3.8) is 0 Å². The van der Waals surface area contributed by atoms with E-state index in [0.29, 0.717) is 48.6 Å². The van der Waals surface area contributed by atoms with Crippen LogP contribution in [-0.2, 0) is 13.1 Å². The fourth-order valence-corrected chi connectivity index (χ4v) is 4.50. The van der Waals surface area contributed by atoms with E-state index in [4.69, 9.17) is 11.6 Å². The molecular weight excluding hydrogens is 414 g/mol. The van der Waals surface area contributed by atoms with Gasteiger partial charge < -0.3 is 15.1 Å². The van der Waals surface area contributed by atoms with Crippen LogP contribution in [0.15, 0.2) is 30.3 Å². The van der Waals surface area contributed by atoms with Gasteiger partial charge in [0.15, 0.2) is 5.69 Å². The third-order valence-electron chi connectivity index (χ3n) is 6.24. The highest BCUT2D eigenvalue weighted by Crippen LogP contribution is 2.18. The van der Waals surface area contributed by atoms with Crippen LogP contribution >= 0.6 is 11.6 Å². The van der Waals surface area contributed by atoms with E-state index in [9.17, 15) is 9.59 Å². The minimum atomic E-state index is -0.217. The molecule has 166 valence electrons. The van der Waals surface area contributed by atoms with Crippen LogP contribution < -0.4 is 5.32 Å². The second kappa shape index (κ2) is 9.83. The summed E-state index contributed by atoms with van der Waals surface area (Å²) in [5.74, 6) is -0.322. The summed E-state index contributed by atoms with van der Waals surface area (Å²) in [6.07, 6.45) is 4.75. The van der Waals surface area contributed by atoms with E-state index >= 15 is 0 Å². The number of nitrogens with zero attached hydrogens (tertiary/aromatic N) is 4. The Bertz CT molecular complexity index is 927. The molecule has 2 aliphatic heterocycles. The Morgan fingerprint density at radius 3 is 2.77 bits per heavy atom. The van der Waals surface area contributed by atoms with Gasteiger partial charge in [0, 0.05) is 43.3 Å². The number of rotatable bonds is 7. The lowest BCUT2D eigenvalue weighted by atomic mass is 10.0. The molecule has 3 heterocycles. The summed E-state index contributed by atoms with van der Waals surface area (Å²) in [7, 11) is 0. The number of likely N-dealkylation sites (tertiary alicyclic amines) is 1. The van der Waals surface area contributed by atoms with Gasteiger partial charge in [-0.05, 0) is 50.4 Å². The number of nitrogens with one attached hydrogen (secondary N) is 1. The van der Waals surface area contributed by atoms with Crippen LogP contribution in [0.2, 0.25) is 5.02 Å². The summed E-state index contributed by atoms with van der Waals surface area (Å²) in [4.78, 5) is 29.7. The monoisotopic (exact) mass is 443 g/mol. The molecule has 1 aromatic carbocycles. The molecule has 0 radical (unpaired) electrons. The maximum absolute atomic E-state index is 12.9. The first-order valence-electron chi connectivity index (χ1n) is 11.1. The SMILES string of the molecule is CC1CCCCN1CCCNC(=O)c1cc2n(n1)CCN(Cc1ccc(Cl)cc1)C2=O. The molecule has 2 aromatic rings. The number of aromatic nitrogens is 2. The van der Waals surface area contributed by atoms with Crippen LogP contribution in [0.25, 0.3) is 0 Å². The van der Waals surface area contributed by atoms with E-state index in [1.807, 2.05) is 24.3 Å². The average molecular weight is 444 g/mol. The number of halogens is 1. The number of amides is 2. The molecule has 0 aliphatic carbocycles. The summed E-state index contributed by atoms with van der Waals surface area (Å²) in [6, 6.07) is 9.73. The van der Waals surface area contributed by atoms with Crippen molar-refractivity contribution >= 4 is 23.4 Å². The van der Waals surface area contributed by atoms with Crippen LogP contribution in [-0.4, -0.2) is 63.6 Å². The molecule has 0 bridgehead atoms. The highest BCUT2D eigenvalue weighted by atomic mass is 35.5. The van der Waals surface area contributed by atoms with Crippen molar-refractivity contribution in [1.29, 1.82) is 0 Å². The summed E-state index contributed by atoms with van der Waals surface area (Å²) in [5.41, 5.74) is 1.79. The van der Waals surface area contributed by atoms with Crippen molar-refractivity contribution in [1.82, 2.24) is 24.9 Å². The van der Waals surface area contributed by atoms with Crippen LogP contribution in [0.1, 0.15) is 59.1 Å². The Balaban J connectivity index is 1.30. The molecule has 31 heavy (non-hydrogen) atoms. The van der Waals surface area contributed by atoms with Crippen molar-refractivity contribution in [2.75, 3.05) is 26.2 Å². The molecule has 2 aliphatic rings. The molecule has 1 saturated heterocycles. The zero-order chi connectivity index (χ0) is 21.8. The van der Waals surface area contributed by atoms with Crippen molar-refractivity contribution in [2.24, 2.45) is 0 Å². The maximum atomic E-state index is 12.9. The lowest BCUT2D eigenvalue weighted by Gasteiger charge is -2.33. The molecular formula is C23H30ClN5O2. The predicted octanol–water partition coefficient (Wildman–Crippen LogP) is 3.19. The Labute approximate surface area is 188 Å². The van der Waals surface area contributed by atoms with Gasteiger partial charge in [-0.15, -0.1) is 0 Å². The van der Waals surface area contributed by atoms with Gasteiger partial charge in [0.1, 0.15) is 5.69 Å². The molecule has 0 spiro atoms. The number of hydrogen-bond donors (Lipinski definition) is 1. The highest BCUT2D eigenvalue weighted by molar-refractivity contribution is 6.30. The van der Waals surface area contributed by atoms with Crippen LogP contribution in [0.3, 0.4) is 0 Å². The molecule has 1 aromatic heterocycles. The number of hydrogen-bond acceptors (Lipinski definition) is 4. The largest absolute Gasteiger partial charge is 0.351 e. The molecule has 1 N–H and O–H groups in total. The number of piperidine rings is 1. The minimum Gasteiger partial charge on any atom is -0.351 e. The highest BCUT2D eigenvalue weighted by Gasteiger charge is 2.28. The number of benzene rings is 1. The third-order valence-corrected chi connectivity index (χ3v) is 6.49. The smallest absolute Gasteiger partial charge is 0.272 e. The number of fused-ring (bicyclic) bond motifs is 1. The Kier molecular flexibility index (Phi) is 6.92. The number of carbonyl (C=O) groups is 2. The average Bonchev–Trinajstić information content (AvgIpc) is 3.21. The Morgan fingerprint density at radius 2 is 2.00 bits per heavy atom. The summed E-state index contributed by atoms with van der Waals surface area (Å²) < 4.78 is 1.64. The lowest BCUT2D eigenvalue weighted by molar-refractivity contribution is 0.0683. The van der Waals surface area contributed by atoms with Gasteiger partial charge in [-0.25, -0.2) is 0 Å². The maximum Gasteiger partial charge on any atom is 0.272 e. The van der Waals surface area contributed by atoms with Crippen molar-refractivity contribution < 1.29 is 9.59 Å². The van der Waals surface area contributed by atoms with Crippen LogP contribution in [0.5, 0.6) is 0 Å². The van der Waals surface area contributed by atoms with Gasteiger partial charge in [-0.1, -0.05) is 30.2 Å². The van der Waals surface area contributed by atoms with E-state index < -0.39 is 0 Å². The van der Waals surface area contributed by atoms with Gasteiger partial charge in [0.05, 0.1) is 6.54 Å². The molecule has 8 heteroatoms. The van der Waals surface area contributed by atoms with Gasteiger partial charge in [-0.3, -0.25) is 14.3 Å². The molecule has 7 nitrogen and oxygen atoms in total. The molecule has 1 atom stereocenters. The fraction of sp³-hybridized carbons (Fsp3) is 0.522. The van der Waals surface area contributed by atoms with Crippen molar-refractivity contribution in [3.8, 4) is 0 Å². The normalized spacial score (nSPS) is 19.4. The van der Waals surface area contributed by atoms with E-state index in [1.54, 1.807) is 15.6 Å². The predicted molar refractivity (Wildman–Crippen MR) is 120 cm³/mol. The number of carbonyl (C=O) groups excluding carboxylic acids is 2. The van der Waals surface area contributed by atoms with Gasteiger partial charge in [-0.2, -0.15) is 5.10 Å². The van der Waals surface area contributed by atoms with Crippen LogP contribution in [0.4, 0.5) is 0 Å². The van der Waals surface area contributed by atoms with Gasteiger partial charge in [0.25, 0.3) is 11.8 Å². The van der Waals surface area contributed by atoms with E-state index in [-0.39, 0.29) is 11.8 Å². The summed E-state index contributed by atoms with van der Waals surface area (Å²) in [5, 5.41) is 7.99. The zero-order valence-corrected chi connectivity index (χ0v) is 18.8. The zero-order valence-electron chi connectivity index (χ0n) is 18.0. The lowest BCUT2D eigenvalue weighted by Crippen LogP contribution is -2.39. The quantitative estimate of drug-likeness (QED) is 0.667. The van der Waals surface area contributed by atoms with Gasteiger partial charge >= 0.3 is 0 Å². The summed E-state index contributed by atoms with van der Waals surface area (Å²) in [6.45, 7) is 6.69. The topological polar surface area (TPSA) is 70.5 Å². The van der Waals surface area contributed by atoms with E-state index in [2.05, 4.69) is 22.2 Å². The Hall–Kier alpha value is -2.38. The van der Waals surface area contributed by atoms with Crippen molar-refractivity contribution in [3.05, 3.63) is 52.3 Å². The third kappa shape index (κ3) is 5.28. The minimum absolute atomic E-state index is 0.105. The van der Waals surface area contributed by atoms with Crippen LogP contribution in [0, 0.1) is 0 Å². The summed E-state index contributed by atoms with van der Waals surface area (Å²) >= 11 is 5.94. The first-order valence-corrected chi connectivity index (χ1v) is 11.5. The standard InChI is InChI=1S/C23H30ClN5O2/c1-17-5-2-3-11-27(17)12-4-10-25-22(30)20-15-21-23(31)28(13-14-29(21)26-20)16-18-6-8-19(24)9-7-18/h6-9,15,17H,2-5,10-14,16H2,1H3,(H,25,30). The van der Waals surface area contributed by atoms with Gasteiger partial charge in [0.2, 0.25) is 0 Å². The second-order valence-corrected chi connectivity index (χ2v) is 8.92. The molecule has 2 amide bonds. The van der Waals surface area contributed by atoms with E-state index in [1.165, 1.54) is 19.3 Å². The fourth-order valence-electron chi connectivity index (χ4n) is 4.37. The first kappa shape index (κ1) is 21.8. The molecule has 4 rings (SSSR count). The van der Waals surface area contributed by atoms with Crippen molar-refractivity contribution in [2.45, 2.75) is 51.7 Å². The molecule has 0 saturated carbocycles. The van der Waals surface area contributed by atoms with E-state index in [0.717, 1.165) is 25.1 Å². The first-order chi connectivity index (χ1) is 15.0. The Morgan fingerprint density at radius 1 is 1.19 bits per heavy atom. The molecule has 1 unspecified atom stereocenters. The molecule has 1 fully saturated rings. The second-order valence-electron chi connectivity index (χ2n) is 8.48.